The molecule has 2 atom stereocenters. The van der Waals surface area contributed by atoms with Crippen LogP contribution in [0.4, 0.5) is 0 Å². The fourth-order valence-electron chi connectivity index (χ4n) is 3.88. The van der Waals surface area contributed by atoms with Crippen LogP contribution < -0.4 is 11.1 Å². The molecule has 0 unspecified atom stereocenters. The van der Waals surface area contributed by atoms with Crippen molar-refractivity contribution < 1.29 is 9.53 Å². The number of carbonyl (C=O) groups excluding carboxylic acids is 1. The van der Waals surface area contributed by atoms with Crippen LogP contribution in [0.3, 0.4) is 0 Å². The van der Waals surface area contributed by atoms with Gasteiger partial charge in [0.15, 0.2) is 0 Å². The van der Waals surface area contributed by atoms with Crippen LogP contribution in [-0.2, 0) is 4.74 Å². The number of fused-ring (bicyclic) bond motifs is 1. The first-order valence-corrected chi connectivity index (χ1v) is 8.36. The Morgan fingerprint density at radius 3 is 2.48 bits per heavy atom. The summed E-state index contributed by atoms with van der Waals surface area (Å²) in [5.41, 5.74) is 6.59. The quantitative estimate of drug-likeness (QED) is 0.603. The van der Waals surface area contributed by atoms with E-state index < -0.39 is 17.3 Å². The van der Waals surface area contributed by atoms with Gasteiger partial charge < -0.3 is 15.8 Å². The number of methoxy groups -OCH3 is 1. The van der Waals surface area contributed by atoms with Crippen LogP contribution in [0, 0.1) is 45.3 Å². The van der Waals surface area contributed by atoms with Crippen molar-refractivity contribution in [3.63, 3.8) is 0 Å². The summed E-state index contributed by atoms with van der Waals surface area (Å²) in [5, 5.41) is 32.5. The lowest BCUT2D eigenvalue weighted by molar-refractivity contribution is 0.0600. The van der Waals surface area contributed by atoms with Crippen molar-refractivity contribution in [2.24, 2.45) is 17.1 Å². The van der Waals surface area contributed by atoms with Crippen molar-refractivity contribution in [3.05, 3.63) is 58.3 Å². The number of allylic oxidation sites excluding steroid dienone is 2. The third kappa shape index (κ3) is 2.64. The van der Waals surface area contributed by atoms with Crippen molar-refractivity contribution in [1.29, 1.82) is 15.8 Å². The minimum absolute atomic E-state index is 0.0126. The summed E-state index contributed by atoms with van der Waals surface area (Å²) in [7, 11) is 1.31. The first-order valence-electron chi connectivity index (χ1n) is 8.36. The Morgan fingerprint density at radius 1 is 1.26 bits per heavy atom. The molecule has 3 N–H and O–H groups in total. The maximum Gasteiger partial charge on any atom is 0.337 e. The molecular weight excluding hydrogens is 342 g/mol. The van der Waals surface area contributed by atoms with Gasteiger partial charge in [0.25, 0.3) is 0 Å². The average molecular weight is 359 g/mol. The topological polar surface area (TPSA) is 136 Å². The molecule has 0 saturated heterocycles. The number of ether oxygens (including phenoxy) is 1. The van der Waals surface area contributed by atoms with Crippen LogP contribution in [0.5, 0.6) is 0 Å². The van der Waals surface area contributed by atoms with Gasteiger partial charge in [0, 0.05) is 24.9 Å². The number of esters is 1. The molecule has 0 aromatic heterocycles. The minimum atomic E-state index is -1.62. The highest BCUT2D eigenvalue weighted by atomic mass is 16.5. The second kappa shape index (κ2) is 6.96. The van der Waals surface area contributed by atoms with Gasteiger partial charge >= 0.3 is 5.97 Å². The fourth-order valence-corrected chi connectivity index (χ4v) is 3.88. The van der Waals surface area contributed by atoms with Gasteiger partial charge in [-0.1, -0.05) is 18.2 Å². The second-order valence-electron chi connectivity index (χ2n) is 6.43. The molecule has 1 aromatic rings. The predicted octanol–water partition coefficient (Wildman–Crippen LogP) is 1.49. The number of rotatable bonds is 2. The highest BCUT2D eigenvalue weighted by Gasteiger charge is 2.51. The highest BCUT2D eigenvalue weighted by Crippen LogP contribution is 2.51. The minimum Gasteiger partial charge on any atom is -0.465 e. The zero-order chi connectivity index (χ0) is 19.6. The summed E-state index contributed by atoms with van der Waals surface area (Å²) in [5.74, 6) is -1.12. The smallest absolute Gasteiger partial charge is 0.337 e. The molecule has 0 bridgehead atoms. The first kappa shape index (κ1) is 18.2. The molecule has 2 aliphatic rings. The summed E-state index contributed by atoms with van der Waals surface area (Å²) in [6, 6.07) is 12.9. The van der Waals surface area contributed by atoms with E-state index in [4.69, 9.17) is 10.5 Å². The van der Waals surface area contributed by atoms with Crippen LogP contribution in [-0.4, -0.2) is 26.2 Å². The third-order valence-corrected chi connectivity index (χ3v) is 5.22. The van der Waals surface area contributed by atoms with Crippen molar-refractivity contribution >= 4 is 5.97 Å². The second-order valence-corrected chi connectivity index (χ2v) is 6.43. The van der Waals surface area contributed by atoms with Crippen LogP contribution in [0.15, 0.2) is 47.2 Å². The number of nitriles is 3. The molecule has 27 heavy (non-hydrogen) atoms. The zero-order valence-electron chi connectivity index (χ0n) is 14.7. The van der Waals surface area contributed by atoms with Gasteiger partial charge in [-0.15, -0.1) is 0 Å². The SMILES string of the molecule is COC(=O)c1ccc([C@H]2C(C#N)=C(N)C(C#N)(C#N)C3=CCNC[C@@H]32)cc1. The number of nitrogens with zero attached hydrogens (tertiary/aromatic N) is 3. The van der Waals surface area contributed by atoms with Crippen molar-refractivity contribution in [3.8, 4) is 18.2 Å². The maximum atomic E-state index is 11.7. The van der Waals surface area contributed by atoms with Crippen molar-refractivity contribution in [1.82, 2.24) is 5.32 Å². The summed E-state index contributed by atoms with van der Waals surface area (Å²) >= 11 is 0. The molecule has 134 valence electrons. The lowest BCUT2D eigenvalue weighted by atomic mass is 9.60. The Labute approximate surface area is 156 Å². The highest BCUT2D eigenvalue weighted by molar-refractivity contribution is 5.89. The van der Waals surface area contributed by atoms with Crippen LogP contribution in [0.25, 0.3) is 0 Å². The van der Waals surface area contributed by atoms with Crippen molar-refractivity contribution in [2.45, 2.75) is 5.92 Å². The van der Waals surface area contributed by atoms with E-state index in [-0.39, 0.29) is 17.2 Å². The molecular formula is C20H17N5O2. The van der Waals surface area contributed by atoms with E-state index in [0.717, 1.165) is 5.56 Å². The lowest BCUT2D eigenvalue weighted by Gasteiger charge is -2.42. The number of benzene rings is 1. The molecule has 7 heteroatoms. The number of nitrogens with one attached hydrogen (secondary N) is 1. The summed E-state index contributed by atoms with van der Waals surface area (Å²) < 4.78 is 4.71. The van der Waals surface area contributed by atoms with Crippen LogP contribution in [0.1, 0.15) is 21.8 Å². The Kier molecular flexibility index (Phi) is 4.69. The monoisotopic (exact) mass is 359 g/mol. The Morgan fingerprint density at radius 2 is 1.93 bits per heavy atom. The molecule has 0 amide bonds. The van der Waals surface area contributed by atoms with E-state index in [1.54, 1.807) is 24.3 Å². The van der Waals surface area contributed by atoms with Gasteiger partial charge in [-0.05, 0) is 23.3 Å². The lowest BCUT2D eigenvalue weighted by Crippen LogP contribution is -2.46. The van der Waals surface area contributed by atoms with Crippen LogP contribution >= 0.6 is 0 Å². The molecule has 1 aliphatic heterocycles. The number of hydrogen-bond donors (Lipinski definition) is 2. The third-order valence-electron chi connectivity index (χ3n) is 5.22. The fraction of sp³-hybridized carbons (Fsp3) is 0.300. The number of nitrogens with two attached hydrogens (primary N) is 1. The summed E-state index contributed by atoms with van der Waals surface area (Å²) in [4.78, 5) is 11.7. The molecule has 0 fully saturated rings. The standard InChI is InChI=1S/C20H17N5O2/c1-27-19(26)13-4-2-12(3-5-13)17-14(8-21)18(24)20(10-22,11-23)16-6-7-25-9-15(16)17/h2-6,15,17,25H,7,9,24H2,1H3/t15-,17-/m0/s1. The largest absolute Gasteiger partial charge is 0.465 e. The average Bonchev–Trinajstić information content (AvgIpc) is 2.73. The van der Waals surface area contributed by atoms with Gasteiger partial charge in [0.1, 0.15) is 0 Å². The number of carbonyl (C=O) groups is 1. The van der Waals surface area contributed by atoms with Crippen LogP contribution in [0.2, 0.25) is 0 Å². The molecule has 7 nitrogen and oxygen atoms in total. The molecule has 1 heterocycles. The van der Waals surface area contributed by atoms with Gasteiger partial charge in [0.2, 0.25) is 5.41 Å². The first-order chi connectivity index (χ1) is 13.0. The van der Waals surface area contributed by atoms with E-state index in [1.807, 2.05) is 18.2 Å². The zero-order valence-corrected chi connectivity index (χ0v) is 14.7. The van der Waals surface area contributed by atoms with Crippen molar-refractivity contribution in [2.75, 3.05) is 20.2 Å². The summed E-state index contributed by atoms with van der Waals surface area (Å²) in [6.07, 6.45) is 1.82. The van der Waals surface area contributed by atoms with E-state index in [1.165, 1.54) is 7.11 Å². The predicted molar refractivity (Wildman–Crippen MR) is 95.5 cm³/mol. The van der Waals surface area contributed by atoms with E-state index in [2.05, 4.69) is 11.4 Å². The Bertz CT molecular complexity index is 956. The number of hydrogen-bond acceptors (Lipinski definition) is 7. The molecule has 1 aliphatic carbocycles. The van der Waals surface area contributed by atoms with E-state index in [0.29, 0.717) is 24.2 Å². The van der Waals surface area contributed by atoms with E-state index >= 15 is 0 Å². The molecule has 3 rings (SSSR count). The molecule has 1 aromatic carbocycles. The normalized spacial score (nSPS) is 23.1. The Balaban J connectivity index is 2.20. The Hall–Kier alpha value is -3.60. The van der Waals surface area contributed by atoms with Gasteiger partial charge in [-0.2, -0.15) is 15.8 Å². The maximum absolute atomic E-state index is 11.7. The molecule has 0 saturated carbocycles. The van der Waals surface area contributed by atoms with Gasteiger partial charge in [-0.3, -0.25) is 0 Å². The van der Waals surface area contributed by atoms with Gasteiger partial charge in [0.05, 0.1) is 42.2 Å². The molecule has 0 radical (unpaired) electrons. The summed E-state index contributed by atoms with van der Waals surface area (Å²) in [6.45, 7) is 1.04. The van der Waals surface area contributed by atoms with E-state index in [9.17, 15) is 20.6 Å². The molecule has 0 spiro atoms. The van der Waals surface area contributed by atoms with Gasteiger partial charge in [-0.25, -0.2) is 4.79 Å².